The quantitative estimate of drug-likeness (QED) is 0.620. The highest BCUT2D eigenvalue weighted by Gasteiger charge is 2.11. The molecule has 3 aromatic heterocycles. The number of halogens is 1. The molecule has 7 nitrogen and oxygen atoms in total. The van der Waals surface area contributed by atoms with E-state index in [2.05, 4.69) is 25.5 Å². The Balaban J connectivity index is 1.69. The third-order valence-electron chi connectivity index (χ3n) is 4.00. The molecular formula is C17H16FN7. The van der Waals surface area contributed by atoms with Gasteiger partial charge in [0.05, 0.1) is 30.0 Å². The lowest BCUT2D eigenvalue weighted by atomic mass is 10.1. The van der Waals surface area contributed by atoms with Crippen LogP contribution in [0.4, 0.5) is 16.0 Å². The zero-order valence-corrected chi connectivity index (χ0v) is 13.8. The van der Waals surface area contributed by atoms with Crippen LogP contribution in [0, 0.1) is 12.7 Å². The van der Waals surface area contributed by atoms with Crippen molar-refractivity contribution in [3.05, 3.63) is 59.9 Å². The number of nitrogens with zero attached hydrogens (tertiary/aromatic N) is 6. The minimum Gasteiger partial charge on any atom is -0.321 e. The van der Waals surface area contributed by atoms with E-state index < -0.39 is 0 Å². The normalized spacial score (nSPS) is 11.2. The molecule has 0 atom stereocenters. The summed E-state index contributed by atoms with van der Waals surface area (Å²) >= 11 is 0. The largest absolute Gasteiger partial charge is 0.321 e. The van der Waals surface area contributed by atoms with Crippen LogP contribution in [0.2, 0.25) is 0 Å². The number of aromatic nitrogens is 6. The molecule has 0 unspecified atom stereocenters. The second-order valence-electron chi connectivity index (χ2n) is 5.84. The van der Waals surface area contributed by atoms with Crippen molar-refractivity contribution in [1.82, 2.24) is 29.5 Å². The first-order valence-electron chi connectivity index (χ1n) is 7.78. The maximum Gasteiger partial charge on any atom is 0.229 e. The predicted molar refractivity (Wildman–Crippen MR) is 92.1 cm³/mol. The van der Waals surface area contributed by atoms with Gasteiger partial charge in [0.2, 0.25) is 5.95 Å². The highest BCUT2D eigenvalue weighted by Crippen LogP contribution is 2.19. The van der Waals surface area contributed by atoms with E-state index >= 15 is 0 Å². The minimum absolute atomic E-state index is 0.244. The van der Waals surface area contributed by atoms with Gasteiger partial charge in [0, 0.05) is 25.0 Å². The summed E-state index contributed by atoms with van der Waals surface area (Å²) in [5.74, 6) is 0.193. The molecule has 0 amide bonds. The second-order valence-corrected chi connectivity index (χ2v) is 5.84. The molecule has 3 heterocycles. The number of hydrogen-bond donors (Lipinski definition) is 1. The number of fused-ring (bicyclic) bond motifs is 1. The van der Waals surface area contributed by atoms with E-state index in [0.717, 1.165) is 16.6 Å². The lowest BCUT2D eigenvalue weighted by Gasteiger charge is -2.08. The molecule has 0 bridgehead atoms. The fraction of sp³-hybridized carbons (Fsp3) is 0.176. The van der Waals surface area contributed by atoms with Crippen LogP contribution in [0.5, 0.6) is 0 Å². The van der Waals surface area contributed by atoms with Gasteiger partial charge in [-0.05, 0) is 18.6 Å². The standard InChI is InChI=1S/C17H16FN7/c1-11-4-3-5-15(18)14(11)10-25-16-12(7-21-25)6-19-17(23-16)22-13-8-20-24(2)9-13/h3-9H,10H2,1-2H3,(H,19,22,23). The Hall–Kier alpha value is -3.29. The van der Waals surface area contributed by atoms with E-state index in [1.807, 2.05) is 26.2 Å². The lowest BCUT2D eigenvalue weighted by molar-refractivity contribution is 0.586. The zero-order chi connectivity index (χ0) is 17.4. The van der Waals surface area contributed by atoms with Gasteiger partial charge in [-0.1, -0.05) is 12.1 Å². The molecule has 0 aliphatic carbocycles. The van der Waals surface area contributed by atoms with Gasteiger partial charge >= 0.3 is 0 Å². The molecule has 0 aliphatic rings. The predicted octanol–water partition coefficient (Wildman–Crippen LogP) is 2.80. The van der Waals surface area contributed by atoms with Crippen molar-refractivity contribution >= 4 is 22.7 Å². The summed E-state index contributed by atoms with van der Waals surface area (Å²) in [5.41, 5.74) is 2.92. The van der Waals surface area contributed by atoms with Crippen LogP contribution >= 0.6 is 0 Å². The molecule has 0 saturated heterocycles. The van der Waals surface area contributed by atoms with E-state index in [1.165, 1.54) is 6.07 Å². The van der Waals surface area contributed by atoms with Crippen molar-refractivity contribution < 1.29 is 4.39 Å². The first-order valence-corrected chi connectivity index (χ1v) is 7.78. The van der Waals surface area contributed by atoms with Gasteiger partial charge in [0.1, 0.15) is 5.82 Å². The number of aryl methyl sites for hydroxylation is 2. The van der Waals surface area contributed by atoms with E-state index in [9.17, 15) is 4.39 Å². The van der Waals surface area contributed by atoms with Crippen molar-refractivity contribution in [2.24, 2.45) is 7.05 Å². The zero-order valence-electron chi connectivity index (χ0n) is 13.8. The maximum atomic E-state index is 14.1. The van der Waals surface area contributed by atoms with Gasteiger partial charge in [-0.25, -0.2) is 14.1 Å². The van der Waals surface area contributed by atoms with E-state index in [-0.39, 0.29) is 5.82 Å². The Kier molecular flexibility index (Phi) is 3.64. The molecular weight excluding hydrogens is 321 g/mol. The summed E-state index contributed by atoms with van der Waals surface area (Å²) in [4.78, 5) is 8.79. The summed E-state index contributed by atoms with van der Waals surface area (Å²) in [6.45, 7) is 2.19. The van der Waals surface area contributed by atoms with Gasteiger partial charge in [-0.15, -0.1) is 0 Å². The van der Waals surface area contributed by atoms with Crippen LogP contribution in [-0.2, 0) is 13.6 Å². The van der Waals surface area contributed by atoms with Crippen LogP contribution in [0.1, 0.15) is 11.1 Å². The average molecular weight is 337 g/mol. The Bertz CT molecular complexity index is 1030. The molecule has 4 rings (SSSR count). The molecule has 1 N–H and O–H groups in total. The highest BCUT2D eigenvalue weighted by molar-refractivity contribution is 5.75. The number of rotatable bonds is 4. The molecule has 126 valence electrons. The molecule has 4 aromatic rings. The first kappa shape index (κ1) is 15.3. The van der Waals surface area contributed by atoms with Crippen molar-refractivity contribution in [2.75, 3.05) is 5.32 Å². The maximum absolute atomic E-state index is 14.1. The fourth-order valence-corrected chi connectivity index (χ4v) is 2.67. The average Bonchev–Trinajstić information content (AvgIpc) is 3.17. The summed E-state index contributed by atoms with van der Waals surface area (Å²) in [6, 6.07) is 5.04. The second kappa shape index (κ2) is 5.97. The van der Waals surface area contributed by atoms with Crippen LogP contribution in [0.15, 0.2) is 43.0 Å². The number of nitrogens with one attached hydrogen (secondary N) is 1. The summed E-state index contributed by atoms with van der Waals surface area (Å²) in [7, 11) is 1.83. The van der Waals surface area contributed by atoms with Crippen molar-refractivity contribution in [3.8, 4) is 0 Å². The van der Waals surface area contributed by atoms with Crippen molar-refractivity contribution in [1.29, 1.82) is 0 Å². The topological polar surface area (TPSA) is 73.5 Å². The first-order chi connectivity index (χ1) is 12.1. The molecule has 8 heteroatoms. The van der Waals surface area contributed by atoms with Gasteiger partial charge in [0.15, 0.2) is 5.65 Å². The van der Waals surface area contributed by atoms with Crippen LogP contribution < -0.4 is 5.32 Å². The Morgan fingerprint density at radius 1 is 1.16 bits per heavy atom. The van der Waals surface area contributed by atoms with Gasteiger partial charge < -0.3 is 5.32 Å². The van der Waals surface area contributed by atoms with Crippen LogP contribution in [-0.4, -0.2) is 29.5 Å². The summed E-state index contributed by atoms with van der Waals surface area (Å²) < 4.78 is 17.5. The number of benzene rings is 1. The van der Waals surface area contributed by atoms with Gasteiger partial charge in [0.25, 0.3) is 0 Å². The van der Waals surface area contributed by atoms with Crippen molar-refractivity contribution in [2.45, 2.75) is 13.5 Å². The van der Waals surface area contributed by atoms with Crippen LogP contribution in [0.25, 0.3) is 11.0 Å². The molecule has 0 saturated carbocycles. The summed E-state index contributed by atoms with van der Waals surface area (Å²) in [5, 5.41) is 12.3. The van der Waals surface area contributed by atoms with E-state index in [1.54, 1.807) is 34.0 Å². The van der Waals surface area contributed by atoms with Crippen molar-refractivity contribution in [3.63, 3.8) is 0 Å². The molecule has 1 aromatic carbocycles. The highest BCUT2D eigenvalue weighted by atomic mass is 19.1. The lowest BCUT2D eigenvalue weighted by Crippen LogP contribution is -2.07. The SMILES string of the molecule is Cc1cccc(F)c1Cn1ncc2cnc(Nc3cnn(C)c3)nc21. The monoisotopic (exact) mass is 337 g/mol. The Morgan fingerprint density at radius 2 is 2.04 bits per heavy atom. The fourth-order valence-electron chi connectivity index (χ4n) is 2.67. The molecule has 0 aliphatic heterocycles. The molecule has 25 heavy (non-hydrogen) atoms. The molecule has 0 fully saturated rings. The third kappa shape index (κ3) is 2.93. The smallest absolute Gasteiger partial charge is 0.229 e. The number of anilines is 2. The van der Waals surface area contributed by atoms with Gasteiger partial charge in [-0.2, -0.15) is 15.2 Å². The minimum atomic E-state index is -0.244. The molecule has 0 spiro atoms. The number of hydrogen-bond acceptors (Lipinski definition) is 5. The van der Waals surface area contributed by atoms with E-state index in [4.69, 9.17) is 0 Å². The summed E-state index contributed by atoms with van der Waals surface area (Å²) in [6.07, 6.45) is 6.89. The third-order valence-corrected chi connectivity index (χ3v) is 4.00. The van der Waals surface area contributed by atoms with Crippen LogP contribution in [0.3, 0.4) is 0 Å². The van der Waals surface area contributed by atoms with Gasteiger partial charge in [-0.3, -0.25) is 4.68 Å². The molecule has 0 radical (unpaired) electrons. The Labute approximate surface area is 143 Å². The van der Waals surface area contributed by atoms with E-state index in [0.29, 0.717) is 23.7 Å². The Morgan fingerprint density at radius 3 is 2.80 bits per heavy atom.